The third-order valence-electron chi connectivity index (χ3n) is 3.57. The van der Waals surface area contributed by atoms with Gasteiger partial charge in [-0.05, 0) is 49.8 Å². The Morgan fingerprint density at radius 2 is 2.26 bits per heavy atom. The van der Waals surface area contributed by atoms with Crippen LogP contribution in [0.15, 0.2) is 29.8 Å². The third kappa shape index (κ3) is 3.57. The number of nitriles is 1. The fourth-order valence-corrected chi connectivity index (χ4v) is 2.86. The molecule has 2 nitrogen and oxygen atoms in total. The number of halogens is 1. The number of allylic oxidation sites excluding steroid dienone is 2. The van der Waals surface area contributed by atoms with Crippen LogP contribution in [0, 0.1) is 29.0 Å². The van der Waals surface area contributed by atoms with E-state index in [0.717, 1.165) is 25.1 Å². The van der Waals surface area contributed by atoms with Crippen LogP contribution in [0.25, 0.3) is 0 Å². The first-order valence-electron chi connectivity index (χ1n) is 6.69. The summed E-state index contributed by atoms with van der Waals surface area (Å²) in [5.74, 6) is 0.827. The molecule has 0 saturated heterocycles. The predicted octanol–water partition coefficient (Wildman–Crippen LogP) is 4.10. The number of nitrogens with one attached hydrogen (secondary N) is 1. The van der Waals surface area contributed by atoms with Crippen molar-refractivity contribution in [1.82, 2.24) is 0 Å². The van der Waals surface area contributed by atoms with Gasteiger partial charge in [-0.15, -0.1) is 0 Å². The number of anilines is 1. The lowest BCUT2D eigenvalue weighted by Gasteiger charge is -2.26. The molecule has 0 aliphatic heterocycles. The fourth-order valence-electron chi connectivity index (χ4n) is 2.86. The van der Waals surface area contributed by atoms with Gasteiger partial charge in [-0.2, -0.15) is 5.26 Å². The molecule has 1 aliphatic carbocycles. The zero-order valence-corrected chi connectivity index (χ0v) is 11.4. The van der Waals surface area contributed by atoms with E-state index in [0.29, 0.717) is 17.4 Å². The molecule has 0 radical (unpaired) electrons. The van der Waals surface area contributed by atoms with Gasteiger partial charge in [0.1, 0.15) is 11.9 Å². The van der Waals surface area contributed by atoms with Crippen molar-refractivity contribution < 1.29 is 4.39 Å². The van der Waals surface area contributed by atoms with Crippen molar-refractivity contribution in [2.24, 2.45) is 11.8 Å². The molecule has 1 aromatic rings. The van der Waals surface area contributed by atoms with Gasteiger partial charge in [-0.1, -0.05) is 18.6 Å². The number of hydrogen-bond acceptors (Lipinski definition) is 2. The molecule has 2 unspecified atom stereocenters. The molecule has 3 heteroatoms. The van der Waals surface area contributed by atoms with Gasteiger partial charge in [-0.3, -0.25) is 0 Å². The number of nitrogens with zero attached hydrogens (tertiary/aromatic N) is 1. The highest BCUT2D eigenvalue weighted by Gasteiger charge is 2.18. The lowest BCUT2D eigenvalue weighted by molar-refractivity contribution is 0.421. The average Bonchev–Trinajstić information content (AvgIpc) is 2.36. The van der Waals surface area contributed by atoms with Crippen molar-refractivity contribution in [2.75, 3.05) is 11.9 Å². The summed E-state index contributed by atoms with van der Waals surface area (Å²) in [5, 5.41) is 12.3. The molecule has 2 rings (SSSR count). The van der Waals surface area contributed by atoms with Crippen molar-refractivity contribution in [3.05, 3.63) is 41.2 Å². The largest absolute Gasteiger partial charge is 0.384 e. The quantitative estimate of drug-likeness (QED) is 0.828. The molecule has 100 valence electrons. The number of hydrogen-bond donors (Lipinski definition) is 1. The van der Waals surface area contributed by atoms with Crippen molar-refractivity contribution in [3.63, 3.8) is 0 Å². The van der Waals surface area contributed by atoms with Gasteiger partial charge in [-0.25, -0.2) is 4.39 Å². The van der Waals surface area contributed by atoms with Crippen molar-refractivity contribution in [1.29, 1.82) is 5.26 Å². The molecule has 0 fully saturated rings. The molecule has 0 spiro atoms. The molecule has 0 aromatic heterocycles. The van der Waals surface area contributed by atoms with Gasteiger partial charge >= 0.3 is 0 Å². The number of benzene rings is 1. The summed E-state index contributed by atoms with van der Waals surface area (Å²) in [4.78, 5) is 0. The average molecular weight is 258 g/mol. The van der Waals surface area contributed by atoms with Crippen molar-refractivity contribution in [2.45, 2.75) is 26.7 Å². The first-order chi connectivity index (χ1) is 9.08. The monoisotopic (exact) mass is 258 g/mol. The van der Waals surface area contributed by atoms with E-state index in [4.69, 9.17) is 5.26 Å². The molecule has 0 heterocycles. The maximum Gasteiger partial charge on any atom is 0.124 e. The first kappa shape index (κ1) is 13.6. The number of rotatable bonds is 3. The van der Waals surface area contributed by atoms with Crippen molar-refractivity contribution in [3.8, 4) is 6.07 Å². The summed E-state index contributed by atoms with van der Waals surface area (Å²) in [7, 11) is 0. The van der Waals surface area contributed by atoms with E-state index in [2.05, 4.69) is 25.2 Å². The summed E-state index contributed by atoms with van der Waals surface area (Å²) in [6.07, 6.45) is 4.59. The highest BCUT2D eigenvalue weighted by atomic mass is 19.1. The molecule has 0 bridgehead atoms. The molecule has 1 aliphatic rings. The Morgan fingerprint density at radius 1 is 1.47 bits per heavy atom. The highest BCUT2D eigenvalue weighted by molar-refractivity contribution is 5.57. The van der Waals surface area contributed by atoms with E-state index in [1.807, 2.05) is 6.07 Å². The van der Waals surface area contributed by atoms with Crippen LogP contribution in [0.4, 0.5) is 10.1 Å². The Morgan fingerprint density at radius 3 is 2.95 bits per heavy atom. The predicted molar refractivity (Wildman–Crippen MR) is 75.2 cm³/mol. The normalized spacial score (nSPS) is 22.5. The topological polar surface area (TPSA) is 35.8 Å². The molecule has 0 saturated carbocycles. The van der Waals surface area contributed by atoms with E-state index in [9.17, 15) is 4.39 Å². The zero-order chi connectivity index (χ0) is 13.8. The van der Waals surface area contributed by atoms with Crippen LogP contribution in [0.5, 0.6) is 0 Å². The molecular formula is C16H19FN2. The molecule has 1 aromatic carbocycles. The Bertz CT molecular complexity index is 528. The fraction of sp³-hybridized carbons (Fsp3) is 0.438. The van der Waals surface area contributed by atoms with Crippen LogP contribution in [-0.4, -0.2) is 6.54 Å². The van der Waals surface area contributed by atoms with E-state index in [-0.39, 0.29) is 5.82 Å². The van der Waals surface area contributed by atoms with Gasteiger partial charge in [0.25, 0.3) is 0 Å². The molecular weight excluding hydrogens is 239 g/mol. The van der Waals surface area contributed by atoms with Gasteiger partial charge in [0.05, 0.1) is 11.3 Å². The summed E-state index contributed by atoms with van der Waals surface area (Å²) in [6.45, 7) is 5.23. The Kier molecular flexibility index (Phi) is 4.21. The second kappa shape index (κ2) is 5.88. The SMILES string of the molecule is CC1=CC(C)CC(CNc2ccc(F)cc2C#N)C1. The second-order valence-corrected chi connectivity index (χ2v) is 5.48. The van der Waals surface area contributed by atoms with Crippen molar-refractivity contribution >= 4 is 5.69 Å². The van der Waals surface area contributed by atoms with E-state index in [1.165, 1.54) is 17.7 Å². The van der Waals surface area contributed by atoms with Gasteiger partial charge in [0, 0.05) is 6.54 Å². The maximum absolute atomic E-state index is 13.0. The molecule has 1 N–H and O–H groups in total. The van der Waals surface area contributed by atoms with E-state index in [1.54, 1.807) is 6.07 Å². The Balaban J connectivity index is 2.00. The van der Waals surface area contributed by atoms with Gasteiger partial charge < -0.3 is 5.32 Å². The lowest BCUT2D eigenvalue weighted by atomic mass is 9.83. The molecule has 2 atom stereocenters. The molecule has 0 amide bonds. The summed E-state index contributed by atoms with van der Waals surface area (Å²) >= 11 is 0. The summed E-state index contributed by atoms with van der Waals surface area (Å²) in [6, 6.07) is 6.33. The first-order valence-corrected chi connectivity index (χ1v) is 6.69. The minimum absolute atomic E-state index is 0.368. The van der Waals surface area contributed by atoms with Crippen LogP contribution in [0.1, 0.15) is 32.3 Å². The Hall–Kier alpha value is -1.82. The third-order valence-corrected chi connectivity index (χ3v) is 3.57. The maximum atomic E-state index is 13.0. The smallest absolute Gasteiger partial charge is 0.124 e. The minimum Gasteiger partial charge on any atom is -0.384 e. The Labute approximate surface area is 113 Å². The molecule has 19 heavy (non-hydrogen) atoms. The van der Waals surface area contributed by atoms with Crippen LogP contribution in [-0.2, 0) is 0 Å². The van der Waals surface area contributed by atoms with Crippen LogP contribution < -0.4 is 5.32 Å². The van der Waals surface area contributed by atoms with Crippen LogP contribution in [0.2, 0.25) is 0 Å². The standard InChI is InChI=1S/C16H19FN2/c1-11-5-12(2)7-13(6-11)10-19-16-4-3-15(17)8-14(16)9-18/h3-5,8,11,13,19H,6-7,10H2,1-2H3. The summed E-state index contributed by atoms with van der Waals surface area (Å²) in [5.41, 5.74) is 2.53. The zero-order valence-electron chi connectivity index (χ0n) is 11.4. The van der Waals surface area contributed by atoms with Crippen LogP contribution >= 0.6 is 0 Å². The second-order valence-electron chi connectivity index (χ2n) is 5.48. The minimum atomic E-state index is -0.368. The van der Waals surface area contributed by atoms with E-state index >= 15 is 0 Å². The van der Waals surface area contributed by atoms with Crippen LogP contribution in [0.3, 0.4) is 0 Å². The van der Waals surface area contributed by atoms with Gasteiger partial charge in [0.15, 0.2) is 0 Å². The summed E-state index contributed by atoms with van der Waals surface area (Å²) < 4.78 is 13.0. The highest BCUT2D eigenvalue weighted by Crippen LogP contribution is 2.28. The lowest BCUT2D eigenvalue weighted by Crippen LogP contribution is -2.20. The van der Waals surface area contributed by atoms with E-state index < -0.39 is 0 Å². The van der Waals surface area contributed by atoms with Gasteiger partial charge in [0.2, 0.25) is 0 Å².